The lowest BCUT2D eigenvalue weighted by molar-refractivity contribution is -0.140. The van der Waals surface area contributed by atoms with Crippen molar-refractivity contribution in [2.45, 2.75) is 89.1 Å². The lowest BCUT2D eigenvalue weighted by Crippen LogP contribution is -2.50. The number of thiocarbonyl (C=S) groups is 1. The zero-order valence-electron chi connectivity index (χ0n) is 41.8. The van der Waals surface area contributed by atoms with E-state index in [2.05, 4.69) is 79.5 Å². The molecule has 3 atom stereocenters. The number of nitrogens with zero attached hydrogens (tertiary/aromatic N) is 4. The molecule has 0 radical (unpaired) electrons. The van der Waals surface area contributed by atoms with E-state index < -0.39 is 35.9 Å². The molecule has 1 aliphatic heterocycles. The van der Waals surface area contributed by atoms with Gasteiger partial charge in [0.2, 0.25) is 5.91 Å². The number of urea groups is 1. The Labute approximate surface area is 424 Å². The number of fused-ring (bicyclic) bond motifs is 1. The van der Waals surface area contributed by atoms with Crippen molar-refractivity contribution in [2.24, 2.45) is 5.92 Å². The summed E-state index contributed by atoms with van der Waals surface area (Å²) < 4.78 is 0. The van der Waals surface area contributed by atoms with Crippen molar-refractivity contribution in [1.82, 2.24) is 40.9 Å². The molecule has 1 aliphatic rings. The highest BCUT2D eigenvalue weighted by molar-refractivity contribution is 7.80. The summed E-state index contributed by atoms with van der Waals surface area (Å²) in [4.78, 5) is 82.5. The number of hydrogen-bond donors (Lipinski definition) is 8. The van der Waals surface area contributed by atoms with Crippen molar-refractivity contribution in [1.29, 1.82) is 0 Å². The molecule has 0 bridgehead atoms. The first-order valence-electron chi connectivity index (χ1n) is 25.0. The largest absolute Gasteiger partial charge is 0.481 e. The Bertz CT molecular complexity index is 2180. The van der Waals surface area contributed by atoms with Gasteiger partial charge in [0, 0.05) is 102 Å². The van der Waals surface area contributed by atoms with Crippen LogP contribution in [-0.2, 0) is 36.8 Å². The summed E-state index contributed by atoms with van der Waals surface area (Å²) in [5.74, 6) is -3.84. The minimum Gasteiger partial charge on any atom is -0.481 e. The second kappa shape index (κ2) is 31.6. The Morgan fingerprint density at radius 3 is 1.99 bits per heavy atom. The normalized spacial score (nSPS) is 16.4. The van der Waals surface area contributed by atoms with Crippen molar-refractivity contribution in [3.63, 3.8) is 0 Å². The topological polar surface area (TPSA) is 236 Å². The van der Waals surface area contributed by atoms with E-state index in [4.69, 9.17) is 17.3 Å². The molecule has 3 amide bonds. The molecule has 3 aromatic rings. The number of likely N-dealkylation sites (N-methyl/N-ethyl adjacent to an activating group) is 3. The third-order valence-corrected chi connectivity index (χ3v) is 13.0. The average Bonchev–Trinajstić information content (AvgIpc) is 3.33. The number of benzene rings is 3. The molecule has 19 heteroatoms. The van der Waals surface area contributed by atoms with E-state index in [0.29, 0.717) is 56.7 Å². The number of rotatable bonds is 27. The molecule has 8 N–H and O–H groups in total. The fraction of sp³-hybridized carbons (Fsp3) is 0.558. The minimum atomic E-state index is -1.20. The number of aliphatic carboxylic acids is 3. The van der Waals surface area contributed by atoms with Crippen molar-refractivity contribution >= 4 is 69.4 Å². The molecule has 0 aromatic heterocycles. The summed E-state index contributed by atoms with van der Waals surface area (Å²) in [5, 5.41) is 45.1. The van der Waals surface area contributed by atoms with E-state index in [9.17, 15) is 39.0 Å². The summed E-state index contributed by atoms with van der Waals surface area (Å²) in [6.45, 7) is 6.94. The molecule has 18 nitrogen and oxygen atoms in total. The van der Waals surface area contributed by atoms with Gasteiger partial charge in [-0.1, -0.05) is 61.0 Å². The first kappa shape index (κ1) is 57.8. The first-order chi connectivity index (χ1) is 34.0. The van der Waals surface area contributed by atoms with Crippen LogP contribution >= 0.6 is 12.2 Å². The molecule has 1 heterocycles. The molecule has 4 rings (SSSR count). The van der Waals surface area contributed by atoms with Crippen LogP contribution in [0.2, 0.25) is 0 Å². The second-order valence-corrected chi connectivity index (χ2v) is 19.3. The van der Waals surface area contributed by atoms with Crippen molar-refractivity contribution in [3.05, 3.63) is 77.9 Å². The number of carboxylic acid groups (broad SMARTS) is 3. The number of carbonyl (C=O) groups excluding carboxylic acids is 3. The summed E-state index contributed by atoms with van der Waals surface area (Å²) >= 11 is 5.59. The van der Waals surface area contributed by atoms with Gasteiger partial charge in [0.05, 0.1) is 6.54 Å². The lowest BCUT2D eigenvalue weighted by atomic mass is 9.91. The summed E-state index contributed by atoms with van der Waals surface area (Å²) in [5.41, 5.74) is 2.90. The van der Waals surface area contributed by atoms with E-state index in [1.165, 1.54) is 0 Å². The first-order valence-corrected chi connectivity index (χ1v) is 25.4. The zero-order valence-corrected chi connectivity index (χ0v) is 42.7. The van der Waals surface area contributed by atoms with Crippen LogP contribution in [0, 0.1) is 5.92 Å². The zero-order chi connectivity index (χ0) is 51.5. The van der Waals surface area contributed by atoms with Crippen LogP contribution in [0.25, 0.3) is 10.8 Å². The van der Waals surface area contributed by atoms with Gasteiger partial charge in [0.1, 0.15) is 11.8 Å². The lowest BCUT2D eigenvalue weighted by Gasteiger charge is -2.36. The molecule has 390 valence electrons. The van der Waals surface area contributed by atoms with Crippen LogP contribution in [-0.4, -0.2) is 181 Å². The molecule has 71 heavy (non-hydrogen) atoms. The van der Waals surface area contributed by atoms with Gasteiger partial charge in [-0.05, 0) is 119 Å². The minimum absolute atomic E-state index is 0.00421. The summed E-state index contributed by atoms with van der Waals surface area (Å²) in [7, 11) is 6.34. The van der Waals surface area contributed by atoms with Gasteiger partial charge in [-0.3, -0.25) is 24.1 Å². The number of unbranched alkanes of at least 4 members (excludes halogenated alkanes) is 3. The monoisotopic (exact) mass is 1000 g/mol. The Morgan fingerprint density at radius 1 is 0.662 bits per heavy atom. The highest BCUT2D eigenvalue weighted by Gasteiger charge is 2.26. The molecule has 0 aliphatic carbocycles. The molecule has 1 unspecified atom stereocenters. The van der Waals surface area contributed by atoms with Gasteiger partial charge in [0.15, 0.2) is 5.11 Å². The highest BCUT2D eigenvalue weighted by atomic mass is 32.1. The van der Waals surface area contributed by atoms with Gasteiger partial charge in [-0.25, -0.2) is 9.59 Å². The smallest absolute Gasteiger partial charge is 0.326 e. The standard InChI is InChI=1S/C52H77N9O9S/c1-58-26-27-59(2)30-31-61(37-48(65)66)44(36-60(3)29-28-58)34-38-18-21-43(22-19-38)56-52(71)55-24-9-4-5-14-45(62)35-42(33-39-17-20-40-12-6-7-13-41(40)32-39)49(67)53-23-10-8-15-46(50(68)69)57-51(70)54-25-11-16-47(63)64/h6-7,12-13,17-22,32,42,44,46H,4-5,8-11,14-16,23-31,33-37H2,1-3H3,(H,53,67)(H,63,64)(H,65,66)(H,68,69)(H2,54,57,70)(H2,55,56,71)/t42-,44?,46+/m1/s1. The Morgan fingerprint density at radius 2 is 1.30 bits per heavy atom. The third kappa shape index (κ3) is 23.4. The fourth-order valence-electron chi connectivity index (χ4n) is 8.55. The Kier molecular flexibility index (Phi) is 25.7. The fourth-order valence-corrected chi connectivity index (χ4v) is 8.77. The van der Waals surface area contributed by atoms with Gasteiger partial charge >= 0.3 is 23.9 Å². The number of carbonyl (C=O) groups is 6. The maximum Gasteiger partial charge on any atom is 0.326 e. The number of amides is 3. The summed E-state index contributed by atoms with van der Waals surface area (Å²) in [6, 6.07) is 20.3. The SMILES string of the molecule is CN1CCN(C)CCN(CC(=O)O)C(Cc2ccc(NC(=S)NCCCCCC(=O)C[C@@H](Cc3ccc4ccccc4c3)C(=O)NCCCC[C@H](NC(=O)NCCCC(=O)O)C(=O)O)cc2)CN(C)CC1. The van der Waals surface area contributed by atoms with E-state index in [1.807, 2.05) is 54.6 Å². The summed E-state index contributed by atoms with van der Waals surface area (Å²) in [6.07, 6.45) is 4.87. The van der Waals surface area contributed by atoms with Gasteiger partial charge in [-0.2, -0.15) is 0 Å². The van der Waals surface area contributed by atoms with Gasteiger partial charge < -0.3 is 56.6 Å². The second-order valence-electron chi connectivity index (χ2n) is 18.9. The highest BCUT2D eigenvalue weighted by Crippen LogP contribution is 2.21. The van der Waals surface area contributed by atoms with Crippen molar-refractivity contribution in [2.75, 3.05) is 98.5 Å². The van der Waals surface area contributed by atoms with Crippen LogP contribution < -0.4 is 26.6 Å². The quantitative estimate of drug-likeness (QED) is 0.0388. The number of anilines is 1. The van der Waals surface area contributed by atoms with Crippen LogP contribution in [0.1, 0.15) is 75.3 Å². The Balaban J connectivity index is 1.20. The number of hydrogen-bond acceptors (Lipinski definition) is 11. The number of Topliss-reactive ketones (excluding diaryl/α,β-unsaturated/α-hetero) is 1. The number of carboxylic acids is 3. The third-order valence-electron chi connectivity index (χ3n) is 12.8. The molecular weight excluding hydrogens is 927 g/mol. The van der Waals surface area contributed by atoms with Crippen LogP contribution in [0.15, 0.2) is 66.7 Å². The van der Waals surface area contributed by atoms with Gasteiger partial charge in [0.25, 0.3) is 0 Å². The van der Waals surface area contributed by atoms with Crippen LogP contribution in [0.5, 0.6) is 0 Å². The van der Waals surface area contributed by atoms with E-state index in [0.717, 1.165) is 79.7 Å². The van der Waals surface area contributed by atoms with E-state index >= 15 is 0 Å². The van der Waals surface area contributed by atoms with Crippen LogP contribution in [0.4, 0.5) is 10.5 Å². The molecule has 0 spiro atoms. The molecule has 0 saturated carbocycles. The van der Waals surface area contributed by atoms with Crippen LogP contribution in [0.3, 0.4) is 0 Å². The number of nitrogens with one attached hydrogen (secondary N) is 5. The maximum atomic E-state index is 13.6. The molecular formula is C52H77N9O9S. The predicted molar refractivity (Wildman–Crippen MR) is 281 cm³/mol. The average molecular weight is 1000 g/mol. The van der Waals surface area contributed by atoms with E-state index in [1.54, 1.807) is 0 Å². The molecule has 1 fully saturated rings. The van der Waals surface area contributed by atoms with Crippen molar-refractivity contribution in [3.8, 4) is 0 Å². The molecule has 3 aromatic carbocycles. The van der Waals surface area contributed by atoms with E-state index in [-0.39, 0.29) is 63.0 Å². The predicted octanol–water partition coefficient (Wildman–Crippen LogP) is 4.52. The maximum absolute atomic E-state index is 13.6. The number of ketones is 1. The van der Waals surface area contributed by atoms with Gasteiger partial charge in [-0.15, -0.1) is 0 Å². The molecule has 1 saturated heterocycles. The Hall–Kier alpha value is -5.73. The van der Waals surface area contributed by atoms with Crippen molar-refractivity contribution < 1.29 is 44.1 Å².